The molecule has 0 saturated heterocycles. The van der Waals surface area contributed by atoms with Crippen molar-refractivity contribution >= 4 is 16.0 Å². The van der Waals surface area contributed by atoms with Crippen molar-refractivity contribution in [2.45, 2.75) is 25.3 Å². The standard InChI is InChI=1S/C12H21N3O5S/c1-10(2)7-15(4-5-20-3)21(18,19)11-6-13-14(8-11)9-12(16)17/h6,8,10H,4-5,7,9H2,1-3H3,(H,16,17). The predicted molar refractivity (Wildman–Crippen MR) is 75.3 cm³/mol. The van der Waals surface area contributed by atoms with Gasteiger partial charge in [-0.3, -0.25) is 9.48 Å². The van der Waals surface area contributed by atoms with Crippen LogP contribution >= 0.6 is 0 Å². The molecule has 8 nitrogen and oxygen atoms in total. The lowest BCUT2D eigenvalue weighted by molar-refractivity contribution is -0.137. The van der Waals surface area contributed by atoms with E-state index >= 15 is 0 Å². The first kappa shape index (κ1) is 17.6. The fourth-order valence-corrected chi connectivity index (χ4v) is 3.30. The van der Waals surface area contributed by atoms with Crippen molar-refractivity contribution in [2.75, 3.05) is 26.8 Å². The van der Waals surface area contributed by atoms with Crippen LogP contribution in [0.5, 0.6) is 0 Å². The molecule has 0 atom stereocenters. The number of rotatable bonds is 9. The third-order valence-electron chi connectivity index (χ3n) is 2.66. The van der Waals surface area contributed by atoms with Gasteiger partial charge in [-0.05, 0) is 5.92 Å². The SMILES string of the molecule is COCCN(CC(C)C)S(=O)(=O)c1cnn(CC(=O)O)c1. The van der Waals surface area contributed by atoms with Crippen molar-refractivity contribution in [3.8, 4) is 0 Å². The van der Waals surface area contributed by atoms with E-state index in [1.54, 1.807) is 0 Å². The van der Waals surface area contributed by atoms with E-state index in [1.165, 1.54) is 23.8 Å². The first-order valence-corrected chi connectivity index (χ1v) is 7.94. The number of nitrogens with zero attached hydrogens (tertiary/aromatic N) is 3. The molecule has 0 aliphatic carbocycles. The molecule has 0 aliphatic heterocycles. The van der Waals surface area contributed by atoms with Crippen molar-refractivity contribution in [3.05, 3.63) is 12.4 Å². The van der Waals surface area contributed by atoms with Gasteiger partial charge in [-0.25, -0.2) is 8.42 Å². The van der Waals surface area contributed by atoms with Gasteiger partial charge in [-0.15, -0.1) is 0 Å². The number of aliphatic carboxylic acids is 1. The summed E-state index contributed by atoms with van der Waals surface area (Å²) in [6.45, 7) is 4.34. The molecule has 0 spiro atoms. The smallest absolute Gasteiger partial charge is 0.325 e. The lowest BCUT2D eigenvalue weighted by atomic mass is 10.2. The number of carbonyl (C=O) groups is 1. The van der Waals surface area contributed by atoms with E-state index < -0.39 is 16.0 Å². The normalized spacial score (nSPS) is 12.2. The Labute approximate surface area is 124 Å². The quantitative estimate of drug-likeness (QED) is 0.700. The molecule has 1 rings (SSSR count). The summed E-state index contributed by atoms with van der Waals surface area (Å²) >= 11 is 0. The molecule has 1 aromatic rings. The van der Waals surface area contributed by atoms with Crippen LogP contribution in [0.25, 0.3) is 0 Å². The summed E-state index contributed by atoms with van der Waals surface area (Å²) in [6, 6.07) is 0. The number of carboxylic acids is 1. The van der Waals surface area contributed by atoms with Gasteiger partial charge < -0.3 is 9.84 Å². The zero-order chi connectivity index (χ0) is 16.0. The first-order chi connectivity index (χ1) is 9.77. The van der Waals surface area contributed by atoms with Gasteiger partial charge in [0.1, 0.15) is 11.4 Å². The van der Waals surface area contributed by atoms with Crippen molar-refractivity contribution < 1.29 is 23.1 Å². The highest BCUT2D eigenvalue weighted by Crippen LogP contribution is 2.16. The maximum Gasteiger partial charge on any atom is 0.325 e. The van der Waals surface area contributed by atoms with Crippen molar-refractivity contribution in [2.24, 2.45) is 5.92 Å². The fourth-order valence-electron chi connectivity index (χ4n) is 1.76. The van der Waals surface area contributed by atoms with Gasteiger partial charge in [-0.1, -0.05) is 13.8 Å². The monoisotopic (exact) mass is 319 g/mol. The van der Waals surface area contributed by atoms with Crippen LogP contribution < -0.4 is 0 Å². The van der Waals surface area contributed by atoms with Gasteiger partial charge in [-0.2, -0.15) is 9.40 Å². The Bertz CT molecular complexity index is 567. The molecule has 0 amide bonds. The van der Waals surface area contributed by atoms with Gasteiger partial charge in [0.2, 0.25) is 10.0 Å². The number of carboxylic acid groups (broad SMARTS) is 1. The summed E-state index contributed by atoms with van der Waals surface area (Å²) in [5, 5.41) is 12.4. The molecule has 0 aromatic carbocycles. The summed E-state index contributed by atoms with van der Waals surface area (Å²) in [4.78, 5) is 10.6. The number of aromatic nitrogens is 2. The second-order valence-corrected chi connectivity index (χ2v) is 6.95. The van der Waals surface area contributed by atoms with Crippen molar-refractivity contribution in [1.29, 1.82) is 0 Å². The molecular weight excluding hydrogens is 298 g/mol. The van der Waals surface area contributed by atoms with Crippen LogP contribution in [-0.4, -0.2) is 60.4 Å². The van der Waals surface area contributed by atoms with Gasteiger partial charge in [0.15, 0.2) is 0 Å². The summed E-state index contributed by atoms with van der Waals surface area (Å²) in [5.74, 6) is -0.925. The second-order valence-electron chi connectivity index (χ2n) is 5.02. The zero-order valence-corrected chi connectivity index (χ0v) is 13.2. The predicted octanol–water partition coefficient (Wildman–Crippen LogP) is 0.261. The molecule has 0 aliphatic rings. The molecule has 0 fully saturated rings. The average molecular weight is 319 g/mol. The van der Waals surface area contributed by atoms with Crippen molar-refractivity contribution in [1.82, 2.24) is 14.1 Å². The molecule has 0 saturated carbocycles. The van der Waals surface area contributed by atoms with Gasteiger partial charge >= 0.3 is 5.97 Å². The molecule has 21 heavy (non-hydrogen) atoms. The Morgan fingerprint density at radius 1 is 1.52 bits per heavy atom. The van der Waals surface area contributed by atoms with E-state index in [-0.39, 0.29) is 30.5 Å². The Morgan fingerprint density at radius 3 is 2.71 bits per heavy atom. The molecule has 0 radical (unpaired) electrons. The summed E-state index contributed by atoms with van der Waals surface area (Å²) < 4.78 is 32.4. The molecule has 1 heterocycles. The highest BCUT2D eigenvalue weighted by atomic mass is 32.2. The van der Waals surface area contributed by atoms with Crippen LogP contribution in [0.4, 0.5) is 0 Å². The number of hydrogen-bond acceptors (Lipinski definition) is 5. The Kier molecular flexibility index (Phi) is 6.31. The Balaban J connectivity index is 2.98. The van der Waals surface area contributed by atoms with Gasteiger partial charge in [0.25, 0.3) is 0 Å². The first-order valence-electron chi connectivity index (χ1n) is 6.50. The largest absolute Gasteiger partial charge is 0.480 e. The minimum atomic E-state index is -3.71. The average Bonchev–Trinajstić information content (AvgIpc) is 2.82. The number of sulfonamides is 1. The maximum atomic E-state index is 12.5. The molecule has 1 aromatic heterocycles. The summed E-state index contributed by atoms with van der Waals surface area (Å²) in [5.41, 5.74) is 0. The summed E-state index contributed by atoms with van der Waals surface area (Å²) in [7, 11) is -2.20. The van der Waals surface area contributed by atoms with E-state index in [0.717, 1.165) is 4.68 Å². The van der Waals surface area contributed by atoms with E-state index in [4.69, 9.17) is 9.84 Å². The number of ether oxygens (including phenoxy) is 1. The van der Waals surface area contributed by atoms with Crippen LogP contribution in [0.1, 0.15) is 13.8 Å². The van der Waals surface area contributed by atoms with Gasteiger partial charge in [0.05, 0.1) is 12.8 Å². The third-order valence-corrected chi connectivity index (χ3v) is 4.48. The van der Waals surface area contributed by atoms with E-state index in [1.807, 2.05) is 13.8 Å². The highest BCUT2D eigenvalue weighted by Gasteiger charge is 2.26. The van der Waals surface area contributed by atoms with E-state index in [2.05, 4.69) is 5.10 Å². The minimum Gasteiger partial charge on any atom is -0.480 e. The summed E-state index contributed by atoms with van der Waals surface area (Å²) in [6.07, 6.45) is 2.39. The molecular formula is C12H21N3O5S. The molecule has 120 valence electrons. The molecule has 9 heteroatoms. The maximum absolute atomic E-state index is 12.5. The fraction of sp³-hybridized carbons (Fsp3) is 0.667. The molecule has 0 unspecified atom stereocenters. The number of methoxy groups -OCH3 is 1. The number of hydrogen-bond donors (Lipinski definition) is 1. The Hall–Kier alpha value is -1.45. The van der Waals surface area contributed by atoms with E-state index in [0.29, 0.717) is 6.54 Å². The van der Waals surface area contributed by atoms with Crippen LogP contribution in [0.2, 0.25) is 0 Å². The molecule has 1 N–H and O–H groups in total. The lowest BCUT2D eigenvalue weighted by Crippen LogP contribution is -2.36. The van der Waals surface area contributed by atoms with E-state index in [9.17, 15) is 13.2 Å². The lowest BCUT2D eigenvalue weighted by Gasteiger charge is -2.22. The van der Waals surface area contributed by atoms with Crippen LogP contribution in [0.15, 0.2) is 17.3 Å². The van der Waals surface area contributed by atoms with Crippen molar-refractivity contribution in [3.63, 3.8) is 0 Å². The molecule has 0 bridgehead atoms. The second kappa shape index (κ2) is 7.53. The zero-order valence-electron chi connectivity index (χ0n) is 12.4. The highest BCUT2D eigenvalue weighted by molar-refractivity contribution is 7.89. The van der Waals surface area contributed by atoms with Crippen LogP contribution in [-0.2, 0) is 26.1 Å². The third kappa shape index (κ3) is 5.10. The topological polar surface area (TPSA) is 102 Å². The van der Waals surface area contributed by atoms with Crippen LogP contribution in [0.3, 0.4) is 0 Å². The van der Waals surface area contributed by atoms with Gasteiger partial charge in [0, 0.05) is 26.4 Å². The minimum absolute atomic E-state index is 0.0134. The Morgan fingerprint density at radius 2 is 2.19 bits per heavy atom. The van der Waals surface area contributed by atoms with Crippen LogP contribution in [0, 0.1) is 5.92 Å².